The van der Waals surface area contributed by atoms with E-state index < -0.39 is 0 Å². The molecule has 2 aromatic carbocycles. The minimum Gasteiger partial charge on any atom is -0.489 e. The molecule has 1 aliphatic heterocycles. The number of hydrogen-bond donors (Lipinski definition) is 1. The Labute approximate surface area is 131 Å². The first-order chi connectivity index (χ1) is 10.8. The van der Waals surface area contributed by atoms with Gasteiger partial charge in [0.25, 0.3) is 0 Å². The van der Waals surface area contributed by atoms with E-state index in [9.17, 15) is 0 Å². The van der Waals surface area contributed by atoms with Gasteiger partial charge < -0.3 is 19.5 Å². The summed E-state index contributed by atoms with van der Waals surface area (Å²) in [7, 11) is 1.72. The standard InChI is InChI=1S/C18H21NO3/c1-20-17-11-19-12-18(17)22-16-9-5-8-15(10-16)21-13-14-6-3-2-4-7-14/h2-10,17-19H,11-13H2,1H3. The van der Waals surface area contributed by atoms with Crippen LogP contribution in [-0.2, 0) is 11.3 Å². The zero-order valence-corrected chi connectivity index (χ0v) is 12.7. The van der Waals surface area contributed by atoms with Crippen molar-refractivity contribution in [3.63, 3.8) is 0 Å². The molecule has 2 unspecified atom stereocenters. The summed E-state index contributed by atoms with van der Waals surface area (Å²) < 4.78 is 17.2. The van der Waals surface area contributed by atoms with Gasteiger partial charge in [-0.05, 0) is 17.7 Å². The molecule has 1 fully saturated rings. The van der Waals surface area contributed by atoms with Gasteiger partial charge in [0, 0.05) is 26.3 Å². The molecule has 0 saturated carbocycles. The van der Waals surface area contributed by atoms with Gasteiger partial charge in [0.1, 0.15) is 30.3 Å². The first-order valence-electron chi connectivity index (χ1n) is 7.52. The molecule has 4 nitrogen and oxygen atoms in total. The molecule has 1 heterocycles. The van der Waals surface area contributed by atoms with Crippen LogP contribution in [-0.4, -0.2) is 32.4 Å². The van der Waals surface area contributed by atoms with Crippen molar-refractivity contribution in [2.75, 3.05) is 20.2 Å². The minimum absolute atomic E-state index is 0.0365. The van der Waals surface area contributed by atoms with Gasteiger partial charge in [0.05, 0.1) is 0 Å². The highest BCUT2D eigenvalue weighted by molar-refractivity contribution is 5.33. The van der Waals surface area contributed by atoms with Crippen LogP contribution in [0.4, 0.5) is 0 Å². The summed E-state index contributed by atoms with van der Waals surface area (Å²) in [6.07, 6.45) is 0.128. The molecular weight excluding hydrogens is 278 g/mol. The highest BCUT2D eigenvalue weighted by Gasteiger charge is 2.28. The monoisotopic (exact) mass is 299 g/mol. The van der Waals surface area contributed by atoms with Gasteiger partial charge in [-0.2, -0.15) is 0 Å². The van der Waals surface area contributed by atoms with Crippen molar-refractivity contribution in [3.8, 4) is 11.5 Å². The second-order valence-electron chi connectivity index (χ2n) is 5.34. The molecule has 0 bridgehead atoms. The number of benzene rings is 2. The van der Waals surface area contributed by atoms with Crippen LogP contribution in [0.5, 0.6) is 11.5 Å². The average Bonchev–Trinajstić information content (AvgIpc) is 3.01. The van der Waals surface area contributed by atoms with Crippen molar-refractivity contribution >= 4 is 0 Å². The Hall–Kier alpha value is -2.04. The topological polar surface area (TPSA) is 39.7 Å². The van der Waals surface area contributed by atoms with Crippen LogP contribution >= 0.6 is 0 Å². The van der Waals surface area contributed by atoms with Crippen molar-refractivity contribution in [2.24, 2.45) is 0 Å². The molecular formula is C18H21NO3. The third-order valence-corrected chi connectivity index (χ3v) is 3.75. The van der Waals surface area contributed by atoms with E-state index in [0.29, 0.717) is 6.61 Å². The SMILES string of the molecule is COC1CNCC1Oc1cccc(OCc2ccccc2)c1. The van der Waals surface area contributed by atoms with E-state index in [1.54, 1.807) is 7.11 Å². The van der Waals surface area contributed by atoms with Crippen LogP contribution in [0.3, 0.4) is 0 Å². The van der Waals surface area contributed by atoms with Crippen molar-refractivity contribution in [3.05, 3.63) is 60.2 Å². The molecule has 0 amide bonds. The summed E-state index contributed by atoms with van der Waals surface area (Å²) in [6.45, 7) is 2.18. The summed E-state index contributed by atoms with van der Waals surface area (Å²) in [6, 6.07) is 17.9. The van der Waals surface area contributed by atoms with Crippen LogP contribution in [0.2, 0.25) is 0 Å². The van der Waals surface area contributed by atoms with Crippen LogP contribution in [0.25, 0.3) is 0 Å². The van der Waals surface area contributed by atoms with Crippen molar-refractivity contribution < 1.29 is 14.2 Å². The smallest absolute Gasteiger partial charge is 0.138 e. The lowest BCUT2D eigenvalue weighted by Crippen LogP contribution is -2.31. The first-order valence-corrected chi connectivity index (χ1v) is 7.52. The fourth-order valence-corrected chi connectivity index (χ4v) is 2.54. The van der Waals surface area contributed by atoms with E-state index in [4.69, 9.17) is 14.2 Å². The Bertz CT molecular complexity index is 588. The van der Waals surface area contributed by atoms with Gasteiger partial charge in [-0.25, -0.2) is 0 Å². The first kappa shape index (κ1) is 14.9. The zero-order chi connectivity index (χ0) is 15.2. The second-order valence-corrected chi connectivity index (χ2v) is 5.34. The molecule has 2 atom stereocenters. The highest BCUT2D eigenvalue weighted by Crippen LogP contribution is 2.23. The lowest BCUT2D eigenvalue weighted by atomic mass is 10.2. The van der Waals surface area contributed by atoms with Gasteiger partial charge in [0.15, 0.2) is 0 Å². The maximum absolute atomic E-state index is 6.00. The summed E-state index contributed by atoms with van der Waals surface area (Å²) >= 11 is 0. The molecule has 0 aliphatic carbocycles. The number of rotatable bonds is 6. The average molecular weight is 299 g/mol. The van der Waals surface area contributed by atoms with Crippen LogP contribution < -0.4 is 14.8 Å². The van der Waals surface area contributed by atoms with Gasteiger partial charge in [-0.1, -0.05) is 36.4 Å². The molecule has 1 saturated heterocycles. The Morgan fingerprint density at radius 3 is 2.55 bits per heavy atom. The van der Waals surface area contributed by atoms with E-state index in [2.05, 4.69) is 5.32 Å². The summed E-state index contributed by atoms with van der Waals surface area (Å²) in [5.74, 6) is 1.61. The predicted molar refractivity (Wildman–Crippen MR) is 85.3 cm³/mol. The molecule has 1 aliphatic rings. The summed E-state index contributed by atoms with van der Waals surface area (Å²) in [5.41, 5.74) is 1.15. The Kier molecular flexibility index (Phi) is 4.93. The normalized spacial score (nSPS) is 20.8. The molecule has 22 heavy (non-hydrogen) atoms. The van der Waals surface area contributed by atoms with Gasteiger partial charge in [0.2, 0.25) is 0 Å². The maximum Gasteiger partial charge on any atom is 0.138 e. The molecule has 1 N–H and O–H groups in total. The van der Waals surface area contributed by atoms with Crippen LogP contribution in [0, 0.1) is 0 Å². The van der Waals surface area contributed by atoms with Crippen LogP contribution in [0.15, 0.2) is 54.6 Å². The molecule has 0 aromatic heterocycles. The van der Waals surface area contributed by atoms with Crippen molar-refractivity contribution in [1.29, 1.82) is 0 Å². The third kappa shape index (κ3) is 3.78. The molecule has 2 aromatic rings. The molecule has 4 heteroatoms. The zero-order valence-electron chi connectivity index (χ0n) is 12.7. The maximum atomic E-state index is 6.00. The minimum atomic E-state index is 0.0365. The predicted octanol–water partition coefficient (Wildman–Crippen LogP) is 2.63. The largest absolute Gasteiger partial charge is 0.489 e. The van der Waals surface area contributed by atoms with E-state index in [1.165, 1.54) is 0 Å². The van der Waals surface area contributed by atoms with Gasteiger partial charge >= 0.3 is 0 Å². The quantitative estimate of drug-likeness (QED) is 0.890. The van der Waals surface area contributed by atoms with Crippen molar-refractivity contribution in [2.45, 2.75) is 18.8 Å². The van der Waals surface area contributed by atoms with E-state index in [0.717, 1.165) is 30.2 Å². The summed E-state index contributed by atoms with van der Waals surface area (Å²) in [5, 5.41) is 3.27. The molecule has 0 spiro atoms. The number of nitrogens with one attached hydrogen (secondary N) is 1. The highest BCUT2D eigenvalue weighted by atomic mass is 16.5. The molecule has 0 radical (unpaired) electrons. The fourth-order valence-electron chi connectivity index (χ4n) is 2.54. The number of ether oxygens (including phenoxy) is 3. The molecule has 116 valence electrons. The fraction of sp³-hybridized carbons (Fsp3) is 0.333. The third-order valence-electron chi connectivity index (χ3n) is 3.75. The Balaban J connectivity index is 1.60. The summed E-state index contributed by atoms with van der Waals surface area (Å²) in [4.78, 5) is 0. The van der Waals surface area contributed by atoms with Crippen molar-refractivity contribution in [1.82, 2.24) is 5.32 Å². The lowest BCUT2D eigenvalue weighted by molar-refractivity contribution is 0.0345. The van der Waals surface area contributed by atoms with Gasteiger partial charge in [-0.3, -0.25) is 0 Å². The van der Waals surface area contributed by atoms with Crippen LogP contribution in [0.1, 0.15) is 5.56 Å². The van der Waals surface area contributed by atoms with E-state index >= 15 is 0 Å². The second kappa shape index (κ2) is 7.29. The molecule has 3 rings (SSSR count). The van der Waals surface area contributed by atoms with E-state index in [-0.39, 0.29) is 12.2 Å². The van der Waals surface area contributed by atoms with E-state index in [1.807, 2.05) is 54.6 Å². The Morgan fingerprint density at radius 1 is 0.955 bits per heavy atom. The number of methoxy groups -OCH3 is 1. The van der Waals surface area contributed by atoms with Gasteiger partial charge in [-0.15, -0.1) is 0 Å². The number of hydrogen-bond acceptors (Lipinski definition) is 4. The lowest BCUT2D eigenvalue weighted by Gasteiger charge is -2.19. The Morgan fingerprint density at radius 2 is 1.73 bits per heavy atom.